The topological polar surface area (TPSA) is 50.4 Å². The molecule has 2 aromatic rings. The average Bonchev–Trinajstić information content (AvgIpc) is 2.54. The van der Waals surface area contributed by atoms with E-state index in [9.17, 15) is 18.0 Å². The van der Waals surface area contributed by atoms with Crippen LogP contribution in [0.1, 0.15) is 5.56 Å². The second-order valence-electron chi connectivity index (χ2n) is 4.82. The Hall–Kier alpha value is -2.41. The Balaban J connectivity index is 2.05. The lowest BCUT2D eigenvalue weighted by molar-refractivity contribution is -0.137. The van der Waals surface area contributed by atoms with E-state index in [1.54, 1.807) is 24.3 Å². The highest BCUT2D eigenvalue weighted by Gasteiger charge is 2.34. The van der Waals surface area contributed by atoms with Crippen molar-refractivity contribution in [3.63, 3.8) is 0 Å². The Morgan fingerprint density at radius 2 is 1.96 bits per heavy atom. The molecule has 0 spiro atoms. The van der Waals surface area contributed by atoms with E-state index in [0.717, 1.165) is 12.1 Å². The van der Waals surface area contributed by atoms with Gasteiger partial charge in [-0.3, -0.25) is 4.79 Å². The fourth-order valence-electron chi connectivity index (χ4n) is 1.97. The van der Waals surface area contributed by atoms with E-state index in [1.165, 1.54) is 13.2 Å². The van der Waals surface area contributed by atoms with Gasteiger partial charge in [0.25, 0.3) is 0 Å². The van der Waals surface area contributed by atoms with Crippen molar-refractivity contribution in [1.29, 1.82) is 0 Å². The van der Waals surface area contributed by atoms with Crippen molar-refractivity contribution in [2.45, 2.75) is 6.18 Å². The number of nitrogens with one attached hydrogen (secondary N) is 2. The van der Waals surface area contributed by atoms with Crippen LogP contribution in [0.25, 0.3) is 0 Å². The molecule has 0 aliphatic heterocycles. The van der Waals surface area contributed by atoms with Crippen LogP contribution < -0.4 is 15.4 Å². The summed E-state index contributed by atoms with van der Waals surface area (Å²) >= 11 is 5.59. The first-order valence-electron chi connectivity index (χ1n) is 6.84. The molecule has 0 aromatic heterocycles. The third kappa shape index (κ3) is 4.79. The lowest BCUT2D eigenvalue weighted by atomic mass is 10.1. The molecule has 128 valence electrons. The quantitative estimate of drug-likeness (QED) is 0.832. The summed E-state index contributed by atoms with van der Waals surface area (Å²) < 4.78 is 44.0. The maximum absolute atomic E-state index is 13.0. The molecule has 2 rings (SSSR count). The van der Waals surface area contributed by atoms with Gasteiger partial charge in [0, 0.05) is 16.8 Å². The van der Waals surface area contributed by atoms with Gasteiger partial charge in [0.05, 0.1) is 24.9 Å². The minimum atomic E-state index is -4.62. The van der Waals surface area contributed by atoms with Crippen molar-refractivity contribution in [2.24, 2.45) is 0 Å². The van der Waals surface area contributed by atoms with Crippen molar-refractivity contribution >= 4 is 28.9 Å². The first-order chi connectivity index (χ1) is 11.3. The highest BCUT2D eigenvalue weighted by molar-refractivity contribution is 6.30. The third-order valence-corrected chi connectivity index (χ3v) is 3.32. The SMILES string of the molecule is COc1cccc(NCC(=O)Nc2ccc(Cl)cc2C(F)(F)F)c1. The zero-order valence-electron chi connectivity index (χ0n) is 12.6. The van der Waals surface area contributed by atoms with Gasteiger partial charge in [0.2, 0.25) is 5.91 Å². The number of rotatable bonds is 5. The molecule has 2 aromatic carbocycles. The van der Waals surface area contributed by atoms with Crippen molar-refractivity contribution in [3.05, 3.63) is 53.1 Å². The number of amides is 1. The van der Waals surface area contributed by atoms with Gasteiger partial charge in [-0.2, -0.15) is 13.2 Å². The van der Waals surface area contributed by atoms with E-state index >= 15 is 0 Å². The zero-order chi connectivity index (χ0) is 17.7. The molecule has 0 radical (unpaired) electrons. The molecular formula is C16H14ClF3N2O2. The monoisotopic (exact) mass is 358 g/mol. The van der Waals surface area contributed by atoms with Crippen LogP contribution in [0.3, 0.4) is 0 Å². The Kier molecular flexibility index (Phi) is 5.56. The molecule has 0 aliphatic rings. The predicted octanol–water partition coefficient (Wildman–Crippen LogP) is 4.42. The molecule has 0 saturated heterocycles. The van der Waals surface area contributed by atoms with Crippen LogP contribution >= 0.6 is 11.6 Å². The number of hydrogen-bond donors (Lipinski definition) is 2. The number of hydrogen-bond acceptors (Lipinski definition) is 3. The van der Waals surface area contributed by atoms with Crippen LogP contribution in [0, 0.1) is 0 Å². The molecule has 0 heterocycles. The molecule has 0 aliphatic carbocycles. The third-order valence-electron chi connectivity index (χ3n) is 3.08. The zero-order valence-corrected chi connectivity index (χ0v) is 13.3. The first-order valence-corrected chi connectivity index (χ1v) is 7.22. The summed E-state index contributed by atoms with van der Waals surface area (Å²) in [5.41, 5.74) is -0.731. The Bertz CT molecular complexity index is 736. The number of ether oxygens (including phenoxy) is 1. The van der Waals surface area contributed by atoms with Gasteiger partial charge >= 0.3 is 6.18 Å². The molecule has 2 N–H and O–H groups in total. The second-order valence-corrected chi connectivity index (χ2v) is 5.26. The van der Waals surface area contributed by atoms with Gasteiger partial charge in [-0.1, -0.05) is 17.7 Å². The number of carbonyl (C=O) groups excluding carboxylic acids is 1. The van der Waals surface area contributed by atoms with Crippen LogP contribution in [-0.4, -0.2) is 19.6 Å². The minimum Gasteiger partial charge on any atom is -0.497 e. The average molecular weight is 359 g/mol. The van der Waals surface area contributed by atoms with Crippen LogP contribution in [0.15, 0.2) is 42.5 Å². The Morgan fingerprint density at radius 3 is 2.62 bits per heavy atom. The van der Waals surface area contributed by atoms with Gasteiger partial charge in [-0.15, -0.1) is 0 Å². The summed E-state index contributed by atoms with van der Waals surface area (Å²) in [6.45, 7) is -0.201. The van der Waals surface area contributed by atoms with Gasteiger partial charge in [0.15, 0.2) is 0 Å². The predicted molar refractivity (Wildman–Crippen MR) is 86.6 cm³/mol. The first kappa shape index (κ1) is 17.9. The van der Waals surface area contributed by atoms with Crippen molar-refractivity contribution in [1.82, 2.24) is 0 Å². The summed E-state index contributed by atoms with van der Waals surface area (Å²) in [6, 6.07) is 9.99. The van der Waals surface area contributed by atoms with Crippen LogP contribution in [-0.2, 0) is 11.0 Å². The van der Waals surface area contributed by atoms with Crippen molar-refractivity contribution < 1.29 is 22.7 Å². The maximum atomic E-state index is 13.0. The number of halogens is 4. The van der Waals surface area contributed by atoms with E-state index in [4.69, 9.17) is 16.3 Å². The van der Waals surface area contributed by atoms with Gasteiger partial charge in [-0.05, 0) is 30.3 Å². The largest absolute Gasteiger partial charge is 0.497 e. The fraction of sp³-hybridized carbons (Fsp3) is 0.188. The maximum Gasteiger partial charge on any atom is 0.418 e. The van der Waals surface area contributed by atoms with Crippen molar-refractivity contribution in [3.8, 4) is 5.75 Å². The minimum absolute atomic E-state index is 0.0603. The second kappa shape index (κ2) is 7.44. The van der Waals surface area contributed by atoms with Crippen LogP contribution in [0.2, 0.25) is 5.02 Å². The van der Waals surface area contributed by atoms with E-state index < -0.39 is 17.6 Å². The number of benzene rings is 2. The lowest BCUT2D eigenvalue weighted by Gasteiger charge is -2.14. The normalized spacial score (nSPS) is 11.0. The Morgan fingerprint density at radius 1 is 1.21 bits per heavy atom. The van der Waals surface area contributed by atoms with Crippen LogP contribution in [0.4, 0.5) is 24.5 Å². The van der Waals surface area contributed by atoms with E-state index in [2.05, 4.69) is 10.6 Å². The van der Waals surface area contributed by atoms with E-state index in [-0.39, 0.29) is 17.3 Å². The van der Waals surface area contributed by atoms with E-state index in [0.29, 0.717) is 11.4 Å². The molecule has 24 heavy (non-hydrogen) atoms. The van der Waals surface area contributed by atoms with Crippen molar-refractivity contribution in [2.75, 3.05) is 24.3 Å². The summed E-state index contributed by atoms with van der Waals surface area (Å²) in [6.07, 6.45) is -4.62. The summed E-state index contributed by atoms with van der Waals surface area (Å²) in [7, 11) is 1.50. The van der Waals surface area contributed by atoms with Gasteiger partial charge in [-0.25, -0.2) is 0 Å². The standard InChI is InChI=1S/C16H14ClF3N2O2/c1-24-12-4-2-3-11(8-12)21-9-15(23)22-14-6-5-10(17)7-13(14)16(18,19)20/h2-8,21H,9H2,1H3,(H,22,23). The van der Waals surface area contributed by atoms with E-state index in [1.807, 2.05) is 0 Å². The number of alkyl halides is 3. The molecule has 0 unspecified atom stereocenters. The Labute approximate surface area is 141 Å². The highest BCUT2D eigenvalue weighted by atomic mass is 35.5. The fourth-order valence-corrected chi connectivity index (χ4v) is 2.14. The lowest BCUT2D eigenvalue weighted by Crippen LogP contribution is -2.23. The summed E-state index contributed by atoms with van der Waals surface area (Å²) in [4.78, 5) is 11.9. The molecule has 0 fully saturated rings. The highest BCUT2D eigenvalue weighted by Crippen LogP contribution is 2.36. The number of carbonyl (C=O) groups is 1. The van der Waals surface area contributed by atoms with Gasteiger partial charge in [0.1, 0.15) is 5.75 Å². The van der Waals surface area contributed by atoms with Gasteiger partial charge < -0.3 is 15.4 Å². The number of anilines is 2. The summed E-state index contributed by atoms with van der Waals surface area (Å²) in [5.74, 6) is -0.0249. The smallest absolute Gasteiger partial charge is 0.418 e. The summed E-state index contributed by atoms with van der Waals surface area (Å²) in [5, 5.41) is 4.98. The van der Waals surface area contributed by atoms with Crippen LogP contribution in [0.5, 0.6) is 5.75 Å². The molecule has 0 saturated carbocycles. The molecule has 4 nitrogen and oxygen atoms in total. The molecule has 8 heteroatoms. The molecular weight excluding hydrogens is 345 g/mol. The molecule has 1 amide bonds. The molecule has 0 bridgehead atoms. The molecule has 0 atom stereocenters. The number of methoxy groups -OCH3 is 1.